The average Bonchev–Trinajstić information content (AvgIpc) is 3.43. The Morgan fingerprint density at radius 2 is 1.00 bits per heavy atom. The lowest BCUT2D eigenvalue weighted by molar-refractivity contribution is -0.154. The molecular formula is C60H58N4O10. The largest absolute Gasteiger partial charge is 0.489 e. The van der Waals surface area contributed by atoms with E-state index in [-0.39, 0.29) is 65.3 Å². The number of hydrogen-bond donors (Lipinski definition) is 4. The van der Waals surface area contributed by atoms with Crippen LogP contribution in [0.2, 0.25) is 0 Å². The summed E-state index contributed by atoms with van der Waals surface area (Å²) < 4.78 is 30.0. The monoisotopic (exact) mass is 994 g/mol. The third-order valence-corrected chi connectivity index (χ3v) is 12.4. The van der Waals surface area contributed by atoms with Gasteiger partial charge < -0.3 is 45.4 Å². The highest BCUT2D eigenvalue weighted by Crippen LogP contribution is 2.37. The first-order valence-electron chi connectivity index (χ1n) is 24.5. The van der Waals surface area contributed by atoms with Crippen LogP contribution in [0.15, 0.2) is 182 Å². The molecule has 5 N–H and O–H groups in total. The summed E-state index contributed by atoms with van der Waals surface area (Å²) in [6.45, 7) is 0.249. The zero-order valence-electron chi connectivity index (χ0n) is 40.8. The molecule has 0 saturated carbocycles. The van der Waals surface area contributed by atoms with Crippen molar-refractivity contribution in [3.8, 4) is 22.6 Å². The maximum absolute atomic E-state index is 14.9. The van der Waals surface area contributed by atoms with Gasteiger partial charge >= 0.3 is 18.0 Å². The number of rotatable bonds is 18. The summed E-state index contributed by atoms with van der Waals surface area (Å²) in [5, 5.41) is 8.42. The van der Waals surface area contributed by atoms with Gasteiger partial charge in [-0.1, -0.05) is 158 Å². The molecule has 3 amide bonds. The highest BCUT2D eigenvalue weighted by Gasteiger charge is 2.35. The maximum Gasteiger partial charge on any atom is 0.407 e. The normalized spacial score (nSPS) is 15.4. The van der Waals surface area contributed by atoms with Gasteiger partial charge in [-0.15, -0.1) is 0 Å². The van der Waals surface area contributed by atoms with Gasteiger partial charge in [0.2, 0.25) is 11.8 Å². The molecule has 7 aromatic rings. The second-order valence-corrected chi connectivity index (χ2v) is 17.8. The third-order valence-electron chi connectivity index (χ3n) is 12.4. The minimum Gasteiger partial charge on any atom is -0.489 e. The summed E-state index contributed by atoms with van der Waals surface area (Å²) in [5.41, 5.74) is 13.4. The van der Waals surface area contributed by atoms with Gasteiger partial charge in [0.05, 0.1) is 0 Å². The molecule has 0 saturated heterocycles. The van der Waals surface area contributed by atoms with E-state index in [9.17, 15) is 24.0 Å². The van der Waals surface area contributed by atoms with Gasteiger partial charge in [0.15, 0.2) is 0 Å². The summed E-state index contributed by atoms with van der Waals surface area (Å²) >= 11 is 0. The molecule has 14 heteroatoms. The lowest BCUT2D eigenvalue weighted by Gasteiger charge is -2.25. The predicted molar refractivity (Wildman–Crippen MR) is 279 cm³/mol. The predicted octanol–water partition coefficient (Wildman–Crippen LogP) is 8.97. The van der Waals surface area contributed by atoms with Crippen molar-refractivity contribution < 1.29 is 47.7 Å². The van der Waals surface area contributed by atoms with Crippen molar-refractivity contribution in [2.45, 2.75) is 70.8 Å². The SMILES string of the molecule is Nc1cc(OCc2ccccc2)c2cc1-c1ccc(OCc3ccccc3)c(c1)C[C@H](C(=O)OCc1ccccc1)C(=O)N[C@@H](CCCNC(=O)OCc1ccccc1)C(=O)N[C@H](C(=O)OCc1ccccc1)C2. The van der Waals surface area contributed by atoms with Crippen LogP contribution in [0.5, 0.6) is 11.5 Å². The highest BCUT2D eigenvalue weighted by molar-refractivity contribution is 6.00. The molecule has 1 aliphatic rings. The van der Waals surface area contributed by atoms with Gasteiger partial charge in [0.25, 0.3) is 0 Å². The van der Waals surface area contributed by atoms with Crippen molar-refractivity contribution >= 4 is 35.5 Å². The Bertz CT molecular complexity index is 2980. The number of nitrogens with two attached hydrogens (primary N) is 1. The van der Waals surface area contributed by atoms with Crippen LogP contribution >= 0.6 is 0 Å². The average molecular weight is 995 g/mol. The number of anilines is 1. The minimum atomic E-state index is -1.51. The second kappa shape index (κ2) is 26.0. The number of hydrogen-bond acceptors (Lipinski definition) is 11. The van der Waals surface area contributed by atoms with Gasteiger partial charge in [-0.05, 0) is 82.0 Å². The number of esters is 2. The van der Waals surface area contributed by atoms with E-state index in [2.05, 4.69) is 16.0 Å². The van der Waals surface area contributed by atoms with Crippen LogP contribution in [0.25, 0.3) is 11.1 Å². The fraction of sp³-hybridized carbons (Fsp3) is 0.217. The van der Waals surface area contributed by atoms with Crippen molar-refractivity contribution in [2.75, 3.05) is 12.3 Å². The summed E-state index contributed by atoms with van der Waals surface area (Å²) in [6.07, 6.45) is -0.866. The van der Waals surface area contributed by atoms with E-state index in [0.29, 0.717) is 45.0 Å². The van der Waals surface area contributed by atoms with Crippen molar-refractivity contribution in [1.29, 1.82) is 0 Å². The van der Waals surface area contributed by atoms with E-state index in [0.717, 1.165) is 22.3 Å². The first-order chi connectivity index (χ1) is 36.1. The Morgan fingerprint density at radius 1 is 0.514 bits per heavy atom. The number of ether oxygens (including phenoxy) is 5. The summed E-state index contributed by atoms with van der Waals surface area (Å²) in [4.78, 5) is 71.2. The number of amides is 3. The van der Waals surface area contributed by atoms with Gasteiger partial charge in [0, 0.05) is 30.3 Å². The van der Waals surface area contributed by atoms with E-state index < -0.39 is 47.8 Å². The Hall–Kier alpha value is -8.91. The number of fused-ring (bicyclic) bond motifs is 5. The van der Waals surface area contributed by atoms with Crippen LogP contribution in [0.1, 0.15) is 51.8 Å². The molecule has 0 radical (unpaired) electrons. The zero-order valence-corrected chi connectivity index (χ0v) is 40.8. The number of alkyl carbamates (subject to hydrolysis) is 1. The number of nitrogens with one attached hydrogen (secondary N) is 3. The molecule has 1 heterocycles. The molecule has 8 rings (SSSR count). The number of carbonyl (C=O) groups is 5. The Morgan fingerprint density at radius 3 is 1.55 bits per heavy atom. The van der Waals surface area contributed by atoms with Gasteiger partial charge in [0.1, 0.15) is 62.5 Å². The van der Waals surface area contributed by atoms with Gasteiger partial charge in [-0.25, -0.2) is 9.59 Å². The van der Waals surface area contributed by atoms with E-state index in [1.807, 2.05) is 158 Å². The molecule has 4 bridgehead atoms. The number of nitrogen functional groups attached to an aromatic ring is 1. The van der Waals surface area contributed by atoms with Crippen LogP contribution < -0.4 is 31.2 Å². The summed E-state index contributed by atoms with van der Waals surface area (Å²) in [7, 11) is 0. The van der Waals surface area contributed by atoms with Crippen LogP contribution in [0.4, 0.5) is 10.5 Å². The first kappa shape index (κ1) is 51.4. The van der Waals surface area contributed by atoms with Crippen LogP contribution in [0, 0.1) is 5.92 Å². The molecule has 0 aliphatic carbocycles. The van der Waals surface area contributed by atoms with Crippen LogP contribution in [-0.2, 0) is 79.3 Å². The smallest absolute Gasteiger partial charge is 0.407 e. The summed E-state index contributed by atoms with van der Waals surface area (Å²) in [6, 6.07) is 52.8. The van der Waals surface area contributed by atoms with E-state index >= 15 is 0 Å². The van der Waals surface area contributed by atoms with Crippen molar-refractivity contribution in [3.05, 3.63) is 221 Å². The number of carbonyl (C=O) groups excluding carboxylic acids is 5. The fourth-order valence-electron chi connectivity index (χ4n) is 8.36. The number of benzene rings is 7. The minimum absolute atomic E-state index is 0.0352. The zero-order chi connectivity index (χ0) is 51.5. The molecule has 1 aliphatic heterocycles. The molecule has 14 nitrogen and oxygen atoms in total. The molecule has 7 aromatic carbocycles. The van der Waals surface area contributed by atoms with Crippen molar-refractivity contribution in [2.24, 2.45) is 5.92 Å². The third kappa shape index (κ3) is 14.8. The van der Waals surface area contributed by atoms with E-state index in [1.54, 1.807) is 24.3 Å². The quantitative estimate of drug-likeness (QED) is 0.0211. The standard InChI is InChI=1S/C60H58N4O10/c61-51-35-55(71-37-42-19-8-2-9-20-42)48-32-49(51)46-28-29-54(70-36-41-17-6-1-7-18-41)47(31-46)33-50(58(67)72-38-43-21-10-3-11-22-43)56(65)63-52(27-16-30-62-60(69)74-40-45-25-14-5-15-26-45)57(66)64-53(34-48)59(68)73-39-44-23-12-4-13-24-44/h1-15,17-26,28-29,31-32,35,50,52-53H,16,27,30,33-34,36-40,61H2,(H,62,69)(H,63,65)(H,64,66)/t50-,52-,53-/m0/s1. The van der Waals surface area contributed by atoms with Gasteiger partial charge in [-0.3, -0.25) is 14.4 Å². The first-order valence-corrected chi connectivity index (χ1v) is 24.5. The van der Waals surface area contributed by atoms with Crippen molar-refractivity contribution in [3.63, 3.8) is 0 Å². The highest BCUT2D eigenvalue weighted by atomic mass is 16.6. The second-order valence-electron chi connectivity index (χ2n) is 17.8. The van der Waals surface area contributed by atoms with Gasteiger partial charge in [-0.2, -0.15) is 0 Å². The molecule has 0 spiro atoms. The van der Waals surface area contributed by atoms with Crippen LogP contribution in [0.3, 0.4) is 0 Å². The molecular weight excluding hydrogens is 937 g/mol. The molecule has 0 aromatic heterocycles. The molecule has 3 atom stereocenters. The topological polar surface area (TPSA) is 194 Å². The molecule has 378 valence electrons. The summed E-state index contributed by atoms with van der Waals surface area (Å²) in [5.74, 6) is -3.89. The Balaban J connectivity index is 1.17. The van der Waals surface area contributed by atoms with E-state index in [1.165, 1.54) is 0 Å². The molecule has 74 heavy (non-hydrogen) atoms. The Labute approximate surface area is 430 Å². The van der Waals surface area contributed by atoms with Crippen LogP contribution in [-0.4, -0.2) is 48.5 Å². The lowest BCUT2D eigenvalue weighted by Crippen LogP contribution is -2.54. The Kier molecular flexibility index (Phi) is 18.1. The lowest BCUT2D eigenvalue weighted by atomic mass is 9.92. The van der Waals surface area contributed by atoms with E-state index in [4.69, 9.17) is 29.4 Å². The molecule has 0 fully saturated rings. The molecule has 0 unspecified atom stereocenters. The fourth-order valence-corrected chi connectivity index (χ4v) is 8.36. The maximum atomic E-state index is 14.9. The van der Waals surface area contributed by atoms with Crippen molar-refractivity contribution in [1.82, 2.24) is 16.0 Å².